The molecule has 14 heavy (non-hydrogen) atoms. The highest BCUT2D eigenvalue weighted by molar-refractivity contribution is 5.17. The molecule has 0 amide bonds. The van der Waals surface area contributed by atoms with Gasteiger partial charge >= 0.3 is 0 Å². The molecule has 1 heterocycles. The molecule has 1 heteroatoms. The van der Waals surface area contributed by atoms with E-state index in [2.05, 4.69) is 49.1 Å². The van der Waals surface area contributed by atoms with Crippen LogP contribution in [-0.2, 0) is 6.42 Å². The Kier molecular flexibility index (Phi) is 2.87. The maximum atomic E-state index is 2.57. The highest BCUT2D eigenvalue weighted by Gasteiger charge is 2.33. The zero-order valence-electron chi connectivity index (χ0n) is 9.11. The average molecular weight is 189 g/mol. The number of nitrogens with zero attached hydrogens (tertiary/aromatic N) is 1. The third kappa shape index (κ3) is 2.58. The molecule has 0 aliphatic carbocycles. The van der Waals surface area contributed by atoms with E-state index in [4.69, 9.17) is 0 Å². The van der Waals surface area contributed by atoms with Crippen LogP contribution < -0.4 is 0 Å². The van der Waals surface area contributed by atoms with Gasteiger partial charge in [-0.1, -0.05) is 44.2 Å². The maximum absolute atomic E-state index is 2.57. The molecular formula is C13H19N. The molecular weight excluding hydrogens is 170 g/mol. The molecule has 0 radical (unpaired) electrons. The van der Waals surface area contributed by atoms with Crippen molar-refractivity contribution >= 4 is 0 Å². The maximum Gasteiger partial charge on any atom is 0.0264 e. The number of hydrogen-bond acceptors (Lipinski definition) is 1. The van der Waals surface area contributed by atoms with Crippen LogP contribution in [0.3, 0.4) is 0 Å². The molecule has 2 atom stereocenters. The molecule has 1 aliphatic heterocycles. The van der Waals surface area contributed by atoms with Gasteiger partial charge in [0.05, 0.1) is 0 Å². The summed E-state index contributed by atoms with van der Waals surface area (Å²) in [6.07, 6.45) is 1.23. The third-order valence-electron chi connectivity index (χ3n) is 2.74. The van der Waals surface area contributed by atoms with Crippen molar-refractivity contribution in [3.05, 3.63) is 35.9 Å². The van der Waals surface area contributed by atoms with Gasteiger partial charge in [-0.3, -0.25) is 4.90 Å². The van der Waals surface area contributed by atoms with Crippen LogP contribution in [0, 0.1) is 5.92 Å². The largest absolute Gasteiger partial charge is 0.297 e. The van der Waals surface area contributed by atoms with Gasteiger partial charge in [0.1, 0.15) is 0 Å². The molecule has 0 saturated carbocycles. The van der Waals surface area contributed by atoms with Gasteiger partial charge in [0.25, 0.3) is 0 Å². The quantitative estimate of drug-likeness (QED) is 0.658. The standard InChI is InChI=1S/C13H19N/c1-11(2)9-14-10-13(14)8-12-6-4-3-5-7-12/h3-7,11,13H,8-10H2,1-2H3/t13-,14?/m0/s1. The second kappa shape index (κ2) is 4.14. The monoisotopic (exact) mass is 189 g/mol. The van der Waals surface area contributed by atoms with Crippen LogP contribution in [0.1, 0.15) is 19.4 Å². The van der Waals surface area contributed by atoms with Gasteiger partial charge < -0.3 is 0 Å². The Balaban J connectivity index is 1.79. The lowest BCUT2D eigenvalue weighted by molar-refractivity contribution is 0.426. The van der Waals surface area contributed by atoms with Gasteiger partial charge in [0.15, 0.2) is 0 Å². The molecule has 1 saturated heterocycles. The summed E-state index contributed by atoms with van der Waals surface area (Å²) in [5.74, 6) is 0.802. The predicted octanol–water partition coefficient (Wildman–Crippen LogP) is 2.57. The van der Waals surface area contributed by atoms with Crippen molar-refractivity contribution in [1.82, 2.24) is 4.90 Å². The zero-order chi connectivity index (χ0) is 9.97. The molecule has 0 bridgehead atoms. The van der Waals surface area contributed by atoms with Crippen molar-refractivity contribution < 1.29 is 0 Å². The third-order valence-corrected chi connectivity index (χ3v) is 2.74. The Bertz CT molecular complexity index is 279. The Hall–Kier alpha value is -0.820. The van der Waals surface area contributed by atoms with E-state index in [1.807, 2.05) is 0 Å². The summed E-state index contributed by atoms with van der Waals surface area (Å²) in [6.45, 7) is 7.14. The lowest BCUT2D eigenvalue weighted by Crippen LogP contribution is -2.11. The van der Waals surface area contributed by atoms with Crippen LogP contribution in [0.15, 0.2) is 30.3 Å². The molecule has 1 nitrogen and oxygen atoms in total. The van der Waals surface area contributed by atoms with Crippen LogP contribution >= 0.6 is 0 Å². The molecule has 0 aromatic heterocycles. The van der Waals surface area contributed by atoms with Gasteiger partial charge in [-0.2, -0.15) is 0 Å². The lowest BCUT2D eigenvalue weighted by atomic mass is 10.1. The summed E-state index contributed by atoms with van der Waals surface area (Å²) >= 11 is 0. The van der Waals surface area contributed by atoms with Crippen LogP contribution in [-0.4, -0.2) is 24.0 Å². The summed E-state index contributed by atoms with van der Waals surface area (Å²) in [4.78, 5) is 2.57. The van der Waals surface area contributed by atoms with Crippen LogP contribution in [0.4, 0.5) is 0 Å². The van der Waals surface area contributed by atoms with E-state index in [-0.39, 0.29) is 0 Å². The summed E-state index contributed by atoms with van der Waals surface area (Å²) in [7, 11) is 0. The van der Waals surface area contributed by atoms with E-state index in [0.29, 0.717) is 0 Å². The molecule has 1 aromatic carbocycles. The van der Waals surface area contributed by atoms with Crippen molar-refractivity contribution in [2.24, 2.45) is 5.92 Å². The van der Waals surface area contributed by atoms with Crippen molar-refractivity contribution in [3.63, 3.8) is 0 Å². The zero-order valence-corrected chi connectivity index (χ0v) is 9.11. The van der Waals surface area contributed by atoms with Crippen molar-refractivity contribution in [3.8, 4) is 0 Å². The SMILES string of the molecule is CC(C)CN1C[C@@H]1Cc1ccccc1. The Morgan fingerprint density at radius 3 is 2.64 bits per heavy atom. The van der Waals surface area contributed by atoms with E-state index in [1.54, 1.807) is 0 Å². The van der Waals surface area contributed by atoms with Gasteiger partial charge in [0.2, 0.25) is 0 Å². The van der Waals surface area contributed by atoms with E-state index in [9.17, 15) is 0 Å². The minimum absolute atomic E-state index is 0.802. The van der Waals surface area contributed by atoms with E-state index < -0.39 is 0 Å². The Morgan fingerprint density at radius 1 is 1.29 bits per heavy atom. The minimum Gasteiger partial charge on any atom is -0.297 e. The first-order valence-corrected chi connectivity index (χ1v) is 5.53. The fourth-order valence-corrected chi connectivity index (χ4v) is 2.00. The molecule has 76 valence electrons. The number of rotatable bonds is 4. The smallest absolute Gasteiger partial charge is 0.0264 e. The minimum atomic E-state index is 0.802. The lowest BCUT2D eigenvalue weighted by Gasteiger charge is -2.06. The summed E-state index contributed by atoms with van der Waals surface area (Å²) in [6, 6.07) is 11.6. The molecule has 1 fully saturated rings. The van der Waals surface area contributed by atoms with Crippen molar-refractivity contribution in [2.75, 3.05) is 13.1 Å². The molecule has 0 spiro atoms. The van der Waals surface area contributed by atoms with Crippen molar-refractivity contribution in [1.29, 1.82) is 0 Å². The fourth-order valence-electron chi connectivity index (χ4n) is 2.00. The van der Waals surface area contributed by atoms with Crippen LogP contribution in [0.5, 0.6) is 0 Å². The second-order valence-electron chi connectivity index (χ2n) is 4.69. The molecule has 1 aliphatic rings. The van der Waals surface area contributed by atoms with Crippen molar-refractivity contribution in [2.45, 2.75) is 26.3 Å². The van der Waals surface area contributed by atoms with Gasteiger partial charge in [-0.25, -0.2) is 0 Å². The molecule has 1 aromatic rings. The highest BCUT2D eigenvalue weighted by Crippen LogP contribution is 2.22. The molecule has 0 N–H and O–H groups in total. The normalized spacial score (nSPS) is 25.4. The summed E-state index contributed by atoms with van der Waals surface area (Å²) < 4.78 is 0. The summed E-state index contributed by atoms with van der Waals surface area (Å²) in [5, 5.41) is 0. The average Bonchev–Trinajstić information content (AvgIpc) is 2.84. The van der Waals surface area contributed by atoms with E-state index >= 15 is 0 Å². The number of benzene rings is 1. The predicted molar refractivity (Wildman–Crippen MR) is 60.3 cm³/mol. The fraction of sp³-hybridized carbons (Fsp3) is 0.538. The topological polar surface area (TPSA) is 3.01 Å². The first-order chi connectivity index (χ1) is 6.75. The first-order valence-electron chi connectivity index (χ1n) is 5.53. The highest BCUT2D eigenvalue weighted by atomic mass is 15.3. The van der Waals surface area contributed by atoms with E-state index in [1.165, 1.54) is 25.1 Å². The first kappa shape index (κ1) is 9.72. The van der Waals surface area contributed by atoms with Crippen LogP contribution in [0.2, 0.25) is 0 Å². The van der Waals surface area contributed by atoms with Gasteiger partial charge in [-0.05, 0) is 17.9 Å². The van der Waals surface area contributed by atoms with Gasteiger partial charge in [-0.15, -0.1) is 0 Å². The van der Waals surface area contributed by atoms with E-state index in [0.717, 1.165) is 12.0 Å². The second-order valence-corrected chi connectivity index (χ2v) is 4.69. The Morgan fingerprint density at radius 2 is 2.00 bits per heavy atom. The molecule has 1 unspecified atom stereocenters. The number of hydrogen-bond donors (Lipinski definition) is 0. The van der Waals surface area contributed by atoms with Gasteiger partial charge in [0, 0.05) is 19.1 Å². The summed E-state index contributed by atoms with van der Waals surface area (Å²) in [5.41, 5.74) is 1.48. The molecule has 2 rings (SSSR count). The Labute approximate surface area is 86.7 Å². The van der Waals surface area contributed by atoms with Crippen LogP contribution in [0.25, 0.3) is 0 Å².